The minimum absolute atomic E-state index is 0. The highest BCUT2D eigenvalue weighted by atomic mass is 127. The summed E-state index contributed by atoms with van der Waals surface area (Å²) in [7, 11) is 3.59. The van der Waals surface area contributed by atoms with Gasteiger partial charge in [-0.25, -0.2) is 9.37 Å². The summed E-state index contributed by atoms with van der Waals surface area (Å²) in [4.78, 5) is 8.31. The number of imidazole rings is 1. The Bertz CT molecular complexity index is 916. The zero-order valence-electron chi connectivity index (χ0n) is 15.5. The molecule has 0 radical (unpaired) electrons. The molecule has 0 saturated heterocycles. The third-order valence-corrected chi connectivity index (χ3v) is 4.14. The van der Waals surface area contributed by atoms with E-state index in [-0.39, 0.29) is 29.8 Å². The molecule has 2 aromatic heterocycles. The van der Waals surface area contributed by atoms with Crippen molar-refractivity contribution >= 4 is 29.9 Å². The number of nitrogens with zero attached hydrogens (tertiary/aromatic N) is 5. The third kappa shape index (κ3) is 5.06. The van der Waals surface area contributed by atoms with Crippen molar-refractivity contribution in [2.45, 2.75) is 20.0 Å². The van der Waals surface area contributed by atoms with Crippen LogP contribution in [0.1, 0.15) is 17.1 Å². The Balaban J connectivity index is 0.00000261. The highest BCUT2D eigenvalue weighted by molar-refractivity contribution is 14.0. The topological polar surface area (TPSA) is 72.1 Å². The Labute approximate surface area is 174 Å². The van der Waals surface area contributed by atoms with E-state index >= 15 is 0 Å². The zero-order chi connectivity index (χ0) is 18.5. The van der Waals surface area contributed by atoms with Crippen molar-refractivity contribution < 1.29 is 4.39 Å². The largest absolute Gasteiger partial charge is 0.352 e. The molecule has 2 heterocycles. The van der Waals surface area contributed by atoms with Crippen LogP contribution in [0.3, 0.4) is 0 Å². The van der Waals surface area contributed by atoms with E-state index < -0.39 is 0 Å². The van der Waals surface area contributed by atoms with Gasteiger partial charge < -0.3 is 15.2 Å². The number of aromatic nitrogens is 4. The van der Waals surface area contributed by atoms with Crippen LogP contribution in [-0.4, -0.2) is 32.3 Å². The molecule has 0 aliphatic heterocycles. The molecule has 1 aromatic carbocycles. The highest BCUT2D eigenvalue weighted by Gasteiger charge is 2.08. The van der Waals surface area contributed by atoms with Crippen molar-refractivity contribution in [2.75, 3.05) is 7.05 Å². The molecule has 0 amide bonds. The van der Waals surface area contributed by atoms with E-state index in [0.29, 0.717) is 24.7 Å². The van der Waals surface area contributed by atoms with Gasteiger partial charge in [-0.05, 0) is 30.7 Å². The van der Waals surface area contributed by atoms with E-state index in [0.717, 1.165) is 17.1 Å². The minimum Gasteiger partial charge on any atom is -0.352 e. The van der Waals surface area contributed by atoms with Crippen molar-refractivity contribution in [2.24, 2.45) is 12.0 Å². The Kier molecular flexibility index (Phi) is 7.34. The molecule has 0 fully saturated rings. The maximum atomic E-state index is 14.4. The maximum Gasteiger partial charge on any atom is 0.191 e. The quantitative estimate of drug-likeness (QED) is 0.333. The summed E-state index contributed by atoms with van der Waals surface area (Å²) in [6, 6.07) is 7.11. The van der Waals surface area contributed by atoms with Crippen molar-refractivity contribution in [3.05, 3.63) is 65.8 Å². The van der Waals surface area contributed by atoms with Gasteiger partial charge in [0, 0.05) is 39.2 Å². The number of aliphatic imine (C=N–C) groups is 1. The van der Waals surface area contributed by atoms with Gasteiger partial charge in [0.15, 0.2) is 5.96 Å². The Hall–Kier alpha value is -2.43. The molecule has 9 heteroatoms. The molecule has 27 heavy (non-hydrogen) atoms. The summed E-state index contributed by atoms with van der Waals surface area (Å²) < 4.78 is 18.0. The lowest BCUT2D eigenvalue weighted by Crippen LogP contribution is -2.36. The first-order chi connectivity index (χ1) is 12.6. The fourth-order valence-electron chi connectivity index (χ4n) is 2.64. The molecular weight excluding hydrogens is 460 g/mol. The molecule has 2 N–H and O–H groups in total. The SMILES string of the molecule is CN=C(NCc1ccc(-n2ccnc2C)c(F)c1)NCc1ccnn1C.I. The van der Waals surface area contributed by atoms with E-state index in [1.807, 2.05) is 26.1 Å². The number of halogens is 2. The number of hydrogen-bond acceptors (Lipinski definition) is 3. The smallest absolute Gasteiger partial charge is 0.191 e. The lowest BCUT2D eigenvalue weighted by Gasteiger charge is -2.13. The van der Waals surface area contributed by atoms with E-state index in [9.17, 15) is 4.39 Å². The third-order valence-electron chi connectivity index (χ3n) is 4.14. The van der Waals surface area contributed by atoms with Crippen LogP contribution in [0.25, 0.3) is 5.69 Å². The molecule has 0 unspecified atom stereocenters. The van der Waals surface area contributed by atoms with Gasteiger partial charge in [-0.2, -0.15) is 5.10 Å². The highest BCUT2D eigenvalue weighted by Crippen LogP contribution is 2.16. The van der Waals surface area contributed by atoms with Gasteiger partial charge >= 0.3 is 0 Å². The second kappa shape index (κ2) is 9.49. The first kappa shape index (κ1) is 20.9. The number of guanidine groups is 1. The minimum atomic E-state index is -0.289. The van der Waals surface area contributed by atoms with Gasteiger partial charge in [0.25, 0.3) is 0 Å². The van der Waals surface area contributed by atoms with Gasteiger partial charge in [-0.1, -0.05) is 6.07 Å². The summed E-state index contributed by atoms with van der Waals surface area (Å²) in [5.74, 6) is 1.10. The van der Waals surface area contributed by atoms with Gasteiger partial charge in [-0.3, -0.25) is 9.67 Å². The first-order valence-corrected chi connectivity index (χ1v) is 8.28. The molecule has 0 bridgehead atoms. The van der Waals surface area contributed by atoms with Crippen LogP contribution in [0.4, 0.5) is 4.39 Å². The van der Waals surface area contributed by atoms with E-state index in [2.05, 4.69) is 25.7 Å². The molecule has 0 spiro atoms. The lowest BCUT2D eigenvalue weighted by atomic mass is 10.2. The van der Waals surface area contributed by atoms with Crippen LogP contribution in [0.2, 0.25) is 0 Å². The predicted molar refractivity (Wildman–Crippen MR) is 114 cm³/mol. The molecule has 3 aromatic rings. The zero-order valence-corrected chi connectivity index (χ0v) is 17.8. The van der Waals surface area contributed by atoms with E-state index in [1.165, 1.54) is 6.07 Å². The summed E-state index contributed by atoms with van der Waals surface area (Å²) in [5, 5.41) is 10.5. The average molecular weight is 483 g/mol. The summed E-state index contributed by atoms with van der Waals surface area (Å²) in [6.07, 6.45) is 5.15. The lowest BCUT2D eigenvalue weighted by molar-refractivity contribution is 0.613. The van der Waals surface area contributed by atoms with Crippen LogP contribution in [0.5, 0.6) is 0 Å². The summed E-state index contributed by atoms with van der Waals surface area (Å²) in [6.45, 7) is 2.90. The fraction of sp³-hybridized carbons (Fsp3) is 0.278. The number of rotatable bonds is 5. The van der Waals surface area contributed by atoms with Gasteiger partial charge in [0.05, 0.1) is 17.9 Å². The van der Waals surface area contributed by atoms with Crippen LogP contribution in [0, 0.1) is 12.7 Å². The number of aryl methyl sites for hydroxylation is 2. The molecule has 0 atom stereocenters. The number of benzene rings is 1. The Morgan fingerprint density at radius 3 is 2.56 bits per heavy atom. The van der Waals surface area contributed by atoms with E-state index in [1.54, 1.807) is 41.0 Å². The second-order valence-electron chi connectivity index (χ2n) is 5.86. The van der Waals surface area contributed by atoms with Crippen molar-refractivity contribution in [3.63, 3.8) is 0 Å². The standard InChI is InChI=1S/C18H22FN7.HI/c1-13-21-8-9-26(13)17-5-4-14(10-16(17)19)11-22-18(20-2)23-12-15-6-7-24-25(15)3;/h4-10H,11-12H2,1-3H3,(H2,20,22,23);1H. The maximum absolute atomic E-state index is 14.4. The number of hydrogen-bond donors (Lipinski definition) is 2. The van der Waals surface area contributed by atoms with Gasteiger partial charge in [0.2, 0.25) is 0 Å². The van der Waals surface area contributed by atoms with Crippen LogP contribution < -0.4 is 10.6 Å². The molecule has 7 nitrogen and oxygen atoms in total. The van der Waals surface area contributed by atoms with Crippen LogP contribution >= 0.6 is 24.0 Å². The molecule has 3 rings (SSSR count). The second-order valence-corrected chi connectivity index (χ2v) is 5.86. The molecular formula is C18H23FIN7. The van der Waals surface area contributed by atoms with Crippen LogP contribution in [0.15, 0.2) is 47.8 Å². The van der Waals surface area contributed by atoms with E-state index in [4.69, 9.17) is 0 Å². The molecule has 0 saturated carbocycles. The van der Waals surface area contributed by atoms with Crippen LogP contribution in [-0.2, 0) is 20.1 Å². The van der Waals surface area contributed by atoms with Gasteiger partial charge in [0.1, 0.15) is 11.6 Å². The molecule has 0 aliphatic carbocycles. The van der Waals surface area contributed by atoms with Crippen molar-refractivity contribution in [1.82, 2.24) is 30.0 Å². The fourth-order valence-corrected chi connectivity index (χ4v) is 2.64. The Morgan fingerprint density at radius 1 is 1.19 bits per heavy atom. The van der Waals surface area contributed by atoms with Crippen molar-refractivity contribution in [1.29, 1.82) is 0 Å². The monoisotopic (exact) mass is 483 g/mol. The normalized spacial score (nSPS) is 11.2. The molecule has 144 valence electrons. The molecule has 0 aliphatic rings. The summed E-state index contributed by atoms with van der Waals surface area (Å²) in [5.41, 5.74) is 2.36. The summed E-state index contributed by atoms with van der Waals surface area (Å²) >= 11 is 0. The van der Waals surface area contributed by atoms with Crippen molar-refractivity contribution in [3.8, 4) is 5.69 Å². The predicted octanol–water partition coefficient (Wildman–Crippen LogP) is 2.54. The van der Waals surface area contributed by atoms with Gasteiger partial charge in [-0.15, -0.1) is 24.0 Å². The Morgan fingerprint density at radius 2 is 1.96 bits per heavy atom. The number of nitrogens with one attached hydrogen (secondary N) is 2. The average Bonchev–Trinajstić information content (AvgIpc) is 3.23. The first-order valence-electron chi connectivity index (χ1n) is 8.28.